The van der Waals surface area contributed by atoms with Gasteiger partial charge < -0.3 is 0 Å². The van der Waals surface area contributed by atoms with Crippen molar-refractivity contribution in [2.45, 2.75) is 32.7 Å². The van der Waals surface area contributed by atoms with Gasteiger partial charge in [-0.1, -0.05) is 55.8 Å². The highest BCUT2D eigenvalue weighted by Gasteiger charge is 2.23. The monoisotopic (exact) mass is 396 g/mol. The Morgan fingerprint density at radius 1 is 1.07 bits per heavy atom. The molecule has 28 heavy (non-hydrogen) atoms. The van der Waals surface area contributed by atoms with Crippen LogP contribution in [0.1, 0.15) is 32.2 Å². The van der Waals surface area contributed by atoms with E-state index in [0.717, 1.165) is 5.56 Å². The minimum absolute atomic E-state index is 0.296. The van der Waals surface area contributed by atoms with Crippen LogP contribution in [0.2, 0.25) is 5.02 Å². The van der Waals surface area contributed by atoms with E-state index in [9.17, 15) is 4.39 Å². The Bertz CT molecular complexity index is 1150. The van der Waals surface area contributed by atoms with Gasteiger partial charge in [-0.05, 0) is 23.8 Å². The molecular weight excluding hydrogens is 379 g/mol. The van der Waals surface area contributed by atoms with E-state index in [0.29, 0.717) is 39.8 Å². The van der Waals surface area contributed by atoms with Crippen LogP contribution in [-0.2, 0) is 12.0 Å². The first-order valence-corrected chi connectivity index (χ1v) is 9.18. The number of benzene rings is 1. The summed E-state index contributed by atoms with van der Waals surface area (Å²) < 4.78 is 15.0. The predicted molar refractivity (Wildman–Crippen MR) is 106 cm³/mol. The van der Waals surface area contributed by atoms with Gasteiger partial charge in [-0.2, -0.15) is 4.39 Å². The standard InChI is InChI=1S/C20H18ClFN6/c1-20(2,3)19-24-16(12-8-9-15(22)23-10-12)17-18(25-19)28(27-26-17)11-13-6-4-5-7-14(13)21/h4-10H,11H2,1-3H3. The van der Waals surface area contributed by atoms with E-state index in [4.69, 9.17) is 21.6 Å². The van der Waals surface area contributed by atoms with E-state index in [1.807, 2.05) is 45.0 Å². The molecule has 0 radical (unpaired) electrons. The van der Waals surface area contributed by atoms with E-state index in [1.165, 1.54) is 12.3 Å². The number of pyridine rings is 1. The molecule has 0 aliphatic heterocycles. The van der Waals surface area contributed by atoms with Crippen LogP contribution in [0.15, 0.2) is 42.6 Å². The number of aromatic nitrogens is 6. The summed E-state index contributed by atoms with van der Waals surface area (Å²) in [5.74, 6) is 0.0921. The average molecular weight is 397 g/mol. The molecule has 142 valence electrons. The molecule has 4 aromatic rings. The maximum Gasteiger partial charge on any atom is 0.212 e. The minimum atomic E-state index is -0.549. The molecule has 0 aliphatic carbocycles. The Morgan fingerprint density at radius 2 is 1.86 bits per heavy atom. The van der Waals surface area contributed by atoms with E-state index >= 15 is 0 Å². The molecule has 1 aromatic carbocycles. The van der Waals surface area contributed by atoms with Crippen molar-refractivity contribution in [1.82, 2.24) is 29.9 Å². The van der Waals surface area contributed by atoms with E-state index in [1.54, 1.807) is 10.7 Å². The normalized spacial score (nSPS) is 11.9. The third kappa shape index (κ3) is 3.45. The molecule has 0 aliphatic rings. The summed E-state index contributed by atoms with van der Waals surface area (Å²) in [5, 5.41) is 9.21. The SMILES string of the molecule is CC(C)(C)c1nc(-c2ccc(F)nc2)c2nnn(Cc3ccccc3Cl)c2n1. The lowest BCUT2D eigenvalue weighted by Crippen LogP contribution is -2.17. The fourth-order valence-corrected chi connectivity index (χ4v) is 3.00. The number of hydrogen-bond donors (Lipinski definition) is 0. The van der Waals surface area contributed by atoms with Crippen molar-refractivity contribution < 1.29 is 4.39 Å². The number of hydrogen-bond acceptors (Lipinski definition) is 5. The highest BCUT2D eigenvalue weighted by molar-refractivity contribution is 6.31. The molecule has 0 fully saturated rings. The van der Waals surface area contributed by atoms with Crippen LogP contribution in [0, 0.1) is 5.95 Å². The number of nitrogens with zero attached hydrogens (tertiary/aromatic N) is 6. The summed E-state index contributed by atoms with van der Waals surface area (Å²) in [5.41, 5.74) is 2.98. The molecule has 8 heteroatoms. The van der Waals surface area contributed by atoms with Crippen LogP contribution in [0.4, 0.5) is 4.39 Å². The van der Waals surface area contributed by atoms with Crippen molar-refractivity contribution in [3.63, 3.8) is 0 Å². The Labute approximate surface area is 166 Å². The first-order valence-electron chi connectivity index (χ1n) is 8.80. The predicted octanol–water partition coefficient (Wildman–Crippen LogP) is 4.42. The molecule has 3 aromatic heterocycles. The van der Waals surface area contributed by atoms with Gasteiger partial charge in [-0.25, -0.2) is 19.6 Å². The Hall–Kier alpha value is -2.93. The van der Waals surface area contributed by atoms with Crippen LogP contribution < -0.4 is 0 Å². The molecular formula is C20H18ClFN6. The maximum atomic E-state index is 13.3. The second-order valence-electron chi connectivity index (χ2n) is 7.53. The molecule has 0 bridgehead atoms. The summed E-state index contributed by atoms with van der Waals surface area (Å²) in [6, 6.07) is 10.5. The van der Waals surface area contributed by atoms with Gasteiger partial charge in [-0.15, -0.1) is 5.10 Å². The Morgan fingerprint density at radius 3 is 2.54 bits per heavy atom. The van der Waals surface area contributed by atoms with Crippen molar-refractivity contribution >= 4 is 22.8 Å². The summed E-state index contributed by atoms with van der Waals surface area (Å²) in [7, 11) is 0. The first kappa shape index (κ1) is 18.4. The van der Waals surface area contributed by atoms with Crippen molar-refractivity contribution in [2.75, 3.05) is 0 Å². The van der Waals surface area contributed by atoms with Gasteiger partial charge in [-0.3, -0.25) is 0 Å². The number of fused-ring (bicyclic) bond motifs is 1. The Balaban J connectivity index is 1.91. The summed E-state index contributed by atoms with van der Waals surface area (Å²) in [6.45, 7) is 6.52. The smallest absolute Gasteiger partial charge is 0.212 e. The average Bonchev–Trinajstić information content (AvgIpc) is 3.06. The summed E-state index contributed by atoms with van der Waals surface area (Å²) in [6.07, 6.45) is 1.44. The van der Waals surface area contributed by atoms with Crippen molar-refractivity contribution in [2.24, 2.45) is 0 Å². The number of rotatable bonds is 3. The van der Waals surface area contributed by atoms with Gasteiger partial charge in [0.15, 0.2) is 11.2 Å². The molecule has 0 saturated carbocycles. The molecule has 0 N–H and O–H groups in total. The second-order valence-corrected chi connectivity index (χ2v) is 7.93. The minimum Gasteiger partial charge on any atom is -0.230 e. The van der Waals surface area contributed by atoms with Crippen molar-refractivity contribution in [3.8, 4) is 11.3 Å². The van der Waals surface area contributed by atoms with Crippen molar-refractivity contribution in [3.05, 3.63) is 65.0 Å². The lowest BCUT2D eigenvalue weighted by Gasteiger charge is -2.17. The molecule has 0 amide bonds. The fourth-order valence-electron chi connectivity index (χ4n) is 2.80. The van der Waals surface area contributed by atoms with Gasteiger partial charge in [0.25, 0.3) is 0 Å². The largest absolute Gasteiger partial charge is 0.230 e. The zero-order chi connectivity index (χ0) is 19.9. The third-order valence-corrected chi connectivity index (χ3v) is 4.68. The topological polar surface area (TPSA) is 69.4 Å². The summed E-state index contributed by atoms with van der Waals surface area (Å²) in [4.78, 5) is 13.2. The van der Waals surface area contributed by atoms with Crippen LogP contribution in [0.5, 0.6) is 0 Å². The zero-order valence-electron chi connectivity index (χ0n) is 15.7. The molecule has 0 spiro atoms. The quantitative estimate of drug-likeness (QED) is 0.479. The summed E-state index contributed by atoms with van der Waals surface area (Å²) >= 11 is 6.30. The Kier molecular flexibility index (Phi) is 4.55. The zero-order valence-corrected chi connectivity index (χ0v) is 16.4. The molecule has 0 unspecified atom stereocenters. The van der Waals surface area contributed by atoms with E-state index in [2.05, 4.69) is 15.3 Å². The molecule has 0 saturated heterocycles. The van der Waals surface area contributed by atoms with Crippen LogP contribution in [0.3, 0.4) is 0 Å². The molecule has 4 rings (SSSR count). The van der Waals surface area contributed by atoms with Gasteiger partial charge in [0, 0.05) is 22.2 Å². The second kappa shape index (κ2) is 6.91. The molecule has 6 nitrogen and oxygen atoms in total. The van der Waals surface area contributed by atoms with Crippen LogP contribution >= 0.6 is 11.6 Å². The third-order valence-electron chi connectivity index (χ3n) is 4.31. The van der Waals surface area contributed by atoms with Crippen molar-refractivity contribution in [1.29, 1.82) is 0 Å². The lowest BCUT2D eigenvalue weighted by atomic mass is 9.95. The highest BCUT2D eigenvalue weighted by Crippen LogP contribution is 2.28. The van der Waals surface area contributed by atoms with E-state index < -0.39 is 5.95 Å². The van der Waals surface area contributed by atoms with Crippen LogP contribution in [0.25, 0.3) is 22.4 Å². The van der Waals surface area contributed by atoms with Gasteiger partial charge >= 0.3 is 0 Å². The lowest BCUT2D eigenvalue weighted by molar-refractivity contribution is 0.546. The maximum absolute atomic E-state index is 13.3. The van der Waals surface area contributed by atoms with Gasteiger partial charge in [0.05, 0.1) is 6.54 Å². The molecule has 3 heterocycles. The highest BCUT2D eigenvalue weighted by atomic mass is 35.5. The van der Waals surface area contributed by atoms with Crippen LogP contribution in [-0.4, -0.2) is 29.9 Å². The number of halogens is 2. The molecule has 0 atom stereocenters. The van der Waals surface area contributed by atoms with Gasteiger partial charge in [0.1, 0.15) is 11.5 Å². The van der Waals surface area contributed by atoms with E-state index in [-0.39, 0.29) is 5.41 Å². The fraction of sp³-hybridized carbons (Fsp3) is 0.250. The van der Waals surface area contributed by atoms with Gasteiger partial charge in [0.2, 0.25) is 5.95 Å². The first-order chi connectivity index (χ1) is 13.3.